The maximum atomic E-state index is 11.7. The van der Waals surface area contributed by atoms with Crippen molar-refractivity contribution in [2.45, 2.75) is 27.2 Å². The van der Waals surface area contributed by atoms with Gasteiger partial charge in [0.1, 0.15) is 0 Å². The Balaban J connectivity index is 3.97. The van der Waals surface area contributed by atoms with Crippen LogP contribution in [0, 0.1) is 5.41 Å². The second-order valence-corrected chi connectivity index (χ2v) is 4.36. The number of hydrogen-bond donors (Lipinski definition) is 2. The molecule has 0 bridgehead atoms. The van der Waals surface area contributed by atoms with Crippen molar-refractivity contribution in [3.63, 3.8) is 0 Å². The SMILES string of the molecule is C=CC(=O)NCC(=O)NCC(=O)C(C)(C)CC. The molecule has 0 rings (SSSR count). The molecule has 5 heteroatoms. The molecule has 0 radical (unpaired) electrons. The molecule has 0 aliphatic heterocycles. The van der Waals surface area contributed by atoms with Gasteiger partial charge in [-0.15, -0.1) is 0 Å². The van der Waals surface area contributed by atoms with Crippen LogP contribution in [0.1, 0.15) is 27.2 Å². The van der Waals surface area contributed by atoms with Gasteiger partial charge in [0.05, 0.1) is 13.1 Å². The Labute approximate surface area is 102 Å². The monoisotopic (exact) mass is 240 g/mol. The number of rotatable bonds is 7. The van der Waals surface area contributed by atoms with Gasteiger partial charge in [0, 0.05) is 5.41 Å². The number of hydrogen-bond acceptors (Lipinski definition) is 3. The number of carbonyl (C=O) groups excluding carboxylic acids is 3. The second kappa shape index (κ2) is 6.83. The molecule has 0 heterocycles. The van der Waals surface area contributed by atoms with Crippen molar-refractivity contribution in [3.8, 4) is 0 Å². The molecule has 0 aromatic carbocycles. The van der Waals surface area contributed by atoms with Crippen molar-refractivity contribution in [2.75, 3.05) is 13.1 Å². The van der Waals surface area contributed by atoms with Gasteiger partial charge in [0.25, 0.3) is 0 Å². The molecule has 0 saturated carbocycles. The van der Waals surface area contributed by atoms with E-state index in [1.54, 1.807) is 0 Å². The number of ketones is 1. The summed E-state index contributed by atoms with van der Waals surface area (Å²) in [6.45, 7) is 8.69. The molecule has 17 heavy (non-hydrogen) atoms. The quantitative estimate of drug-likeness (QED) is 0.633. The van der Waals surface area contributed by atoms with Gasteiger partial charge in [-0.25, -0.2) is 0 Å². The molecule has 5 nitrogen and oxygen atoms in total. The standard InChI is InChI=1S/C12H20N2O3/c1-5-10(16)14-8-11(17)13-7-9(15)12(3,4)6-2/h5H,1,6-8H2,2-4H3,(H,13,17)(H,14,16). The first kappa shape index (κ1) is 15.3. The molecule has 2 amide bonds. The van der Waals surface area contributed by atoms with Gasteiger partial charge >= 0.3 is 0 Å². The second-order valence-electron chi connectivity index (χ2n) is 4.36. The van der Waals surface area contributed by atoms with Crippen LogP contribution in [-0.2, 0) is 14.4 Å². The summed E-state index contributed by atoms with van der Waals surface area (Å²) >= 11 is 0. The molecule has 0 atom stereocenters. The van der Waals surface area contributed by atoms with E-state index in [-0.39, 0.29) is 24.8 Å². The Bertz CT molecular complexity index is 322. The fraction of sp³-hybridized carbons (Fsp3) is 0.583. The third-order valence-electron chi connectivity index (χ3n) is 2.69. The van der Waals surface area contributed by atoms with E-state index in [1.807, 2.05) is 20.8 Å². The largest absolute Gasteiger partial charge is 0.347 e. The molecule has 0 aromatic heterocycles. The highest BCUT2D eigenvalue weighted by Gasteiger charge is 2.24. The first-order valence-electron chi connectivity index (χ1n) is 5.53. The highest BCUT2D eigenvalue weighted by atomic mass is 16.2. The summed E-state index contributed by atoms with van der Waals surface area (Å²) in [5, 5.41) is 4.79. The fourth-order valence-corrected chi connectivity index (χ4v) is 0.917. The van der Waals surface area contributed by atoms with Gasteiger partial charge < -0.3 is 10.6 Å². The van der Waals surface area contributed by atoms with Crippen LogP contribution in [0.3, 0.4) is 0 Å². The molecule has 96 valence electrons. The Hall–Kier alpha value is -1.65. The van der Waals surface area contributed by atoms with Gasteiger partial charge in [0.2, 0.25) is 11.8 Å². The average molecular weight is 240 g/mol. The molecule has 2 N–H and O–H groups in total. The van der Waals surface area contributed by atoms with Crippen LogP contribution in [0.5, 0.6) is 0 Å². The van der Waals surface area contributed by atoms with E-state index in [9.17, 15) is 14.4 Å². The minimum Gasteiger partial charge on any atom is -0.347 e. The summed E-state index contributed by atoms with van der Waals surface area (Å²) in [7, 11) is 0. The summed E-state index contributed by atoms with van der Waals surface area (Å²) < 4.78 is 0. The average Bonchev–Trinajstić information content (AvgIpc) is 2.32. The van der Waals surface area contributed by atoms with E-state index in [4.69, 9.17) is 0 Å². The van der Waals surface area contributed by atoms with Crippen molar-refractivity contribution in [2.24, 2.45) is 5.41 Å². The molecule has 0 saturated heterocycles. The zero-order valence-electron chi connectivity index (χ0n) is 10.6. The van der Waals surface area contributed by atoms with Gasteiger partial charge in [0.15, 0.2) is 5.78 Å². The summed E-state index contributed by atoms with van der Waals surface area (Å²) in [5.41, 5.74) is -0.433. The number of Topliss-reactive ketones (excluding diaryl/α,β-unsaturated/α-hetero) is 1. The third kappa shape index (κ3) is 5.85. The van der Waals surface area contributed by atoms with Crippen LogP contribution in [0.4, 0.5) is 0 Å². The Morgan fingerprint density at radius 3 is 2.24 bits per heavy atom. The Morgan fingerprint density at radius 2 is 1.76 bits per heavy atom. The predicted molar refractivity (Wildman–Crippen MR) is 65.3 cm³/mol. The normalized spacial score (nSPS) is 10.5. The number of carbonyl (C=O) groups is 3. The molecule has 0 aromatic rings. The van der Waals surface area contributed by atoms with Crippen molar-refractivity contribution in [1.82, 2.24) is 10.6 Å². The van der Waals surface area contributed by atoms with E-state index < -0.39 is 11.3 Å². The van der Waals surface area contributed by atoms with Crippen LogP contribution in [0.2, 0.25) is 0 Å². The van der Waals surface area contributed by atoms with Crippen molar-refractivity contribution in [3.05, 3.63) is 12.7 Å². The van der Waals surface area contributed by atoms with E-state index in [2.05, 4.69) is 17.2 Å². The van der Waals surface area contributed by atoms with Gasteiger partial charge in [-0.05, 0) is 12.5 Å². The number of amides is 2. The van der Waals surface area contributed by atoms with Crippen LogP contribution in [0.25, 0.3) is 0 Å². The molecule has 0 aliphatic rings. The third-order valence-corrected chi connectivity index (χ3v) is 2.69. The van der Waals surface area contributed by atoms with Crippen molar-refractivity contribution >= 4 is 17.6 Å². The first-order chi connectivity index (χ1) is 7.83. The molecule has 0 fully saturated rings. The minimum atomic E-state index is -0.433. The molecule has 0 unspecified atom stereocenters. The van der Waals surface area contributed by atoms with E-state index in [0.717, 1.165) is 12.5 Å². The molecular formula is C12H20N2O3. The minimum absolute atomic E-state index is 0.0103. The fourth-order valence-electron chi connectivity index (χ4n) is 0.917. The van der Waals surface area contributed by atoms with Gasteiger partial charge in [-0.3, -0.25) is 14.4 Å². The molecule has 0 spiro atoms. The van der Waals surface area contributed by atoms with E-state index >= 15 is 0 Å². The van der Waals surface area contributed by atoms with Crippen molar-refractivity contribution in [1.29, 1.82) is 0 Å². The lowest BCUT2D eigenvalue weighted by Gasteiger charge is -2.20. The van der Waals surface area contributed by atoms with E-state index in [1.165, 1.54) is 0 Å². The Kier molecular flexibility index (Phi) is 6.17. The van der Waals surface area contributed by atoms with Crippen LogP contribution < -0.4 is 10.6 Å². The van der Waals surface area contributed by atoms with Crippen LogP contribution in [0.15, 0.2) is 12.7 Å². The number of nitrogens with one attached hydrogen (secondary N) is 2. The van der Waals surface area contributed by atoms with Crippen LogP contribution >= 0.6 is 0 Å². The predicted octanol–water partition coefficient (Wildman–Crippen LogP) is 0.410. The highest BCUT2D eigenvalue weighted by Crippen LogP contribution is 2.20. The molecule has 0 aliphatic carbocycles. The summed E-state index contributed by atoms with van der Waals surface area (Å²) in [6.07, 6.45) is 1.80. The molecular weight excluding hydrogens is 220 g/mol. The summed E-state index contributed by atoms with van der Waals surface area (Å²) in [4.78, 5) is 33.7. The zero-order chi connectivity index (χ0) is 13.5. The highest BCUT2D eigenvalue weighted by molar-refractivity contribution is 5.93. The summed E-state index contributed by atoms with van der Waals surface area (Å²) in [6, 6.07) is 0. The lowest BCUT2D eigenvalue weighted by molar-refractivity contribution is -0.129. The van der Waals surface area contributed by atoms with Crippen LogP contribution in [-0.4, -0.2) is 30.7 Å². The van der Waals surface area contributed by atoms with Gasteiger partial charge in [-0.2, -0.15) is 0 Å². The lowest BCUT2D eigenvalue weighted by atomic mass is 9.85. The maximum absolute atomic E-state index is 11.7. The topological polar surface area (TPSA) is 75.3 Å². The zero-order valence-corrected chi connectivity index (χ0v) is 10.6. The Morgan fingerprint density at radius 1 is 1.18 bits per heavy atom. The van der Waals surface area contributed by atoms with Gasteiger partial charge in [-0.1, -0.05) is 27.4 Å². The first-order valence-corrected chi connectivity index (χ1v) is 5.53. The lowest BCUT2D eigenvalue weighted by Crippen LogP contribution is -2.41. The maximum Gasteiger partial charge on any atom is 0.243 e. The smallest absolute Gasteiger partial charge is 0.243 e. The summed E-state index contributed by atoms with van der Waals surface area (Å²) in [5.74, 6) is -0.829. The van der Waals surface area contributed by atoms with Crippen molar-refractivity contribution < 1.29 is 14.4 Å². The van der Waals surface area contributed by atoms with E-state index in [0.29, 0.717) is 0 Å².